The van der Waals surface area contributed by atoms with Crippen LogP contribution in [0.3, 0.4) is 0 Å². The zero-order chi connectivity index (χ0) is 8.39. The molecule has 1 aliphatic heterocycles. The summed E-state index contributed by atoms with van der Waals surface area (Å²) in [6, 6.07) is 0. The largest absolute Gasteiger partial charge is 0.316 e. The van der Waals surface area contributed by atoms with Gasteiger partial charge in [-0.25, -0.2) is 0 Å². The molecule has 0 aromatic carbocycles. The van der Waals surface area contributed by atoms with Crippen molar-refractivity contribution in [3.8, 4) is 0 Å². The van der Waals surface area contributed by atoms with Crippen molar-refractivity contribution in [2.45, 2.75) is 12.8 Å². The molecule has 1 fully saturated rings. The number of nitrogens with one attached hydrogen (secondary N) is 1. The number of rotatable bonds is 2. The van der Waals surface area contributed by atoms with E-state index in [9.17, 15) is 0 Å². The van der Waals surface area contributed by atoms with Crippen LogP contribution in [0.4, 0.5) is 0 Å². The lowest BCUT2D eigenvalue weighted by Gasteiger charge is -2.04. The predicted molar refractivity (Wildman–Crippen MR) is 47.9 cm³/mol. The van der Waals surface area contributed by atoms with Gasteiger partial charge in [0.1, 0.15) is 0 Å². The molecular weight excluding hydrogens is 150 g/mol. The number of aromatic nitrogens is 2. The van der Waals surface area contributed by atoms with Gasteiger partial charge in [0.25, 0.3) is 0 Å². The summed E-state index contributed by atoms with van der Waals surface area (Å²) in [5.41, 5.74) is 1.37. The van der Waals surface area contributed by atoms with Crippen LogP contribution in [0.2, 0.25) is 0 Å². The molecule has 12 heavy (non-hydrogen) atoms. The third-order valence-electron chi connectivity index (χ3n) is 2.45. The third kappa shape index (κ3) is 1.67. The van der Waals surface area contributed by atoms with E-state index in [1.165, 1.54) is 31.5 Å². The normalized spacial score (nSPS) is 23.2. The van der Waals surface area contributed by atoms with Crippen molar-refractivity contribution in [2.75, 3.05) is 13.1 Å². The highest BCUT2D eigenvalue weighted by molar-refractivity contribution is 5.05. The van der Waals surface area contributed by atoms with Gasteiger partial charge in [-0.05, 0) is 37.4 Å². The first kappa shape index (κ1) is 7.80. The minimum Gasteiger partial charge on any atom is -0.316 e. The summed E-state index contributed by atoms with van der Waals surface area (Å²) < 4.78 is 1.87. The van der Waals surface area contributed by atoms with E-state index >= 15 is 0 Å². The molecule has 0 saturated carbocycles. The number of hydrogen-bond donors (Lipinski definition) is 1. The minimum absolute atomic E-state index is 0.828. The molecule has 3 nitrogen and oxygen atoms in total. The van der Waals surface area contributed by atoms with Gasteiger partial charge in [0.2, 0.25) is 0 Å². The van der Waals surface area contributed by atoms with Crippen molar-refractivity contribution in [3.05, 3.63) is 18.0 Å². The molecule has 2 rings (SSSR count). The Morgan fingerprint density at radius 1 is 1.75 bits per heavy atom. The van der Waals surface area contributed by atoms with Crippen molar-refractivity contribution in [3.63, 3.8) is 0 Å². The first-order valence-electron chi connectivity index (χ1n) is 4.53. The molecule has 1 saturated heterocycles. The highest BCUT2D eigenvalue weighted by Crippen LogP contribution is 2.13. The van der Waals surface area contributed by atoms with Gasteiger partial charge in [-0.3, -0.25) is 4.68 Å². The molecule has 0 radical (unpaired) electrons. The predicted octanol–water partition coefficient (Wildman–Crippen LogP) is 0.572. The smallest absolute Gasteiger partial charge is 0.0521 e. The topological polar surface area (TPSA) is 29.9 Å². The van der Waals surface area contributed by atoms with E-state index in [1.54, 1.807) is 0 Å². The van der Waals surface area contributed by atoms with Crippen LogP contribution in [-0.2, 0) is 13.5 Å². The fraction of sp³-hybridized carbons (Fsp3) is 0.667. The fourth-order valence-corrected chi connectivity index (χ4v) is 1.80. The van der Waals surface area contributed by atoms with Crippen LogP contribution in [0.25, 0.3) is 0 Å². The number of aryl methyl sites for hydroxylation is 1. The van der Waals surface area contributed by atoms with Crippen LogP contribution in [-0.4, -0.2) is 22.9 Å². The fourth-order valence-electron chi connectivity index (χ4n) is 1.80. The number of nitrogens with zero attached hydrogens (tertiary/aromatic N) is 2. The summed E-state index contributed by atoms with van der Waals surface area (Å²) in [5, 5.41) is 7.53. The van der Waals surface area contributed by atoms with Crippen LogP contribution in [0.5, 0.6) is 0 Å². The van der Waals surface area contributed by atoms with E-state index in [1.807, 2.05) is 17.9 Å². The standard InChI is InChI=1S/C9H15N3/c1-12-7-9(6-11-12)4-8-2-3-10-5-8/h6-8,10H,2-5H2,1H3/t8-/m0/s1. The van der Waals surface area contributed by atoms with E-state index in [0.29, 0.717) is 0 Å². The molecule has 2 heterocycles. The van der Waals surface area contributed by atoms with Crippen molar-refractivity contribution >= 4 is 0 Å². The highest BCUT2D eigenvalue weighted by Gasteiger charge is 2.14. The molecule has 3 heteroatoms. The Balaban J connectivity index is 1.94. The highest BCUT2D eigenvalue weighted by atomic mass is 15.2. The second-order valence-electron chi connectivity index (χ2n) is 3.59. The van der Waals surface area contributed by atoms with E-state index < -0.39 is 0 Å². The average Bonchev–Trinajstić information content (AvgIpc) is 2.63. The summed E-state index contributed by atoms with van der Waals surface area (Å²) in [6.07, 6.45) is 6.58. The summed E-state index contributed by atoms with van der Waals surface area (Å²) in [7, 11) is 1.97. The van der Waals surface area contributed by atoms with Crippen molar-refractivity contribution in [1.29, 1.82) is 0 Å². The Kier molecular flexibility index (Phi) is 2.13. The van der Waals surface area contributed by atoms with E-state index in [4.69, 9.17) is 0 Å². The summed E-state index contributed by atoms with van der Waals surface area (Å²) in [6.45, 7) is 2.36. The summed E-state index contributed by atoms with van der Waals surface area (Å²) in [4.78, 5) is 0. The average molecular weight is 165 g/mol. The van der Waals surface area contributed by atoms with E-state index in [-0.39, 0.29) is 0 Å². The lowest BCUT2D eigenvalue weighted by Crippen LogP contribution is -2.10. The molecular formula is C9H15N3. The molecule has 1 atom stereocenters. The summed E-state index contributed by atoms with van der Waals surface area (Å²) in [5.74, 6) is 0.828. The molecule has 66 valence electrons. The molecule has 1 N–H and O–H groups in total. The van der Waals surface area contributed by atoms with Gasteiger partial charge >= 0.3 is 0 Å². The Morgan fingerprint density at radius 2 is 2.67 bits per heavy atom. The van der Waals surface area contributed by atoms with Crippen LogP contribution in [0.15, 0.2) is 12.4 Å². The molecule has 0 unspecified atom stereocenters. The molecule has 1 aromatic rings. The van der Waals surface area contributed by atoms with Gasteiger partial charge in [0, 0.05) is 13.2 Å². The first-order valence-corrected chi connectivity index (χ1v) is 4.53. The maximum absolute atomic E-state index is 4.15. The van der Waals surface area contributed by atoms with Gasteiger partial charge in [0.15, 0.2) is 0 Å². The monoisotopic (exact) mass is 165 g/mol. The molecule has 0 amide bonds. The molecule has 0 aliphatic carbocycles. The maximum atomic E-state index is 4.15. The van der Waals surface area contributed by atoms with Crippen molar-refractivity contribution in [1.82, 2.24) is 15.1 Å². The SMILES string of the molecule is Cn1cc(C[C@@H]2CCNC2)cn1. The second kappa shape index (κ2) is 3.27. The third-order valence-corrected chi connectivity index (χ3v) is 2.45. The molecule has 1 aliphatic rings. The van der Waals surface area contributed by atoms with Gasteiger partial charge in [-0.1, -0.05) is 0 Å². The Bertz CT molecular complexity index is 248. The van der Waals surface area contributed by atoms with Crippen LogP contribution >= 0.6 is 0 Å². The van der Waals surface area contributed by atoms with E-state index in [2.05, 4.69) is 16.6 Å². The first-order chi connectivity index (χ1) is 5.84. The van der Waals surface area contributed by atoms with E-state index in [0.717, 1.165) is 5.92 Å². The molecule has 0 spiro atoms. The summed E-state index contributed by atoms with van der Waals surface area (Å²) >= 11 is 0. The lowest BCUT2D eigenvalue weighted by molar-refractivity contribution is 0.580. The quantitative estimate of drug-likeness (QED) is 0.694. The second-order valence-corrected chi connectivity index (χ2v) is 3.59. The van der Waals surface area contributed by atoms with Crippen LogP contribution in [0.1, 0.15) is 12.0 Å². The van der Waals surface area contributed by atoms with Crippen molar-refractivity contribution in [2.24, 2.45) is 13.0 Å². The Hall–Kier alpha value is -0.830. The van der Waals surface area contributed by atoms with Gasteiger partial charge in [-0.2, -0.15) is 5.10 Å². The van der Waals surface area contributed by atoms with Gasteiger partial charge in [0.05, 0.1) is 6.20 Å². The van der Waals surface area contributed by atoms with Gasteiger partial charge in [-0.15, -0.1) is 0 Å². The van der Waals surface area contributed by atoms with Crippen LogP contribution in [0, 0.1) is 5.92 Å². The number of hydrogen-bond acceptors (Lipinski definition) is 2. The van der Waals surface area contributed by atoms with Gasteiger partial charge < -0.3 is 5.32 Å². The minimum atomic E-state index is 0.828. The molecule has 1 aromatic heterocycles. The lowest BCUT2D eigenvalue weighted by atomic mass is 10.0. The van der Waals surface area contributed by atoms with Crippen molar-refractivity contribution < 1.29 is 0 Å². The Labute approximate surface area is 72.8 Å². The molecule has 0 bridgehead atoms. The maximum Gasteiger partial charge on any atom is 0.0521 e. The Morgan fingerprint density at radius 3 is 3.25 bits per heavy atom. The zero-order valence-electron chi connectivity index (χ0n) is 7.45. The van der Waals surface area contributed by atoms with Crippen LogP contribution < -0.4 is 5.32 Å². The zero-order valence-corrected chi connectivity index (χ0v) is 7.45.